The summed E-state index contributed by atoms with van der Waals surface area (Å²) < 4.78 is 52.8. The number of amides is 1. The first kappa shape index (κ1) is 23.5. The average molecular weight is 457 g/mol. The molecule has 1 aliphatic rings. The number of hydrogen-bond donors (Lipinski definition) is 1. The predicted molar refractivity (Wildman–Crippen MR) is 112 cm³/mol. The van der Waals surface area contributed by atoms with Crippen molar-refractivity contribution < 1.29 is 22.4 Å². The van der Waals surface area contributed by atoms with Gasteiger partial charge in [-0.05, 0) is 67.1 Å². The summed E-state index contributed by atoms with van der Waals surface area (Å²) in [6.45, 7) is 1.68. The molecular formula is C23H25ClF4N2O. The Morgan fingerprint density at radius 1 is 1.16 bits per heavy atom. The van der Waals surface area contributed by atoms with Crippen molar-refractivity contribution in [2.45, 2.75) is 37.9 Å². The lowest BCUT2D eigenvalue weighted by Gasteiger charge is -2.32. The van der Waals surface area contributed by atoms with Crippen LogP contribution in [0.4, 0.5) is 17.6 Å². The number of alkyl halides is 3. The molecule has 1 N–H and O–H groups in total. The molecular weight excluding hydrogens is 432 g/mol. The van der Waals surface area contributed by atoms with E-state index in [9.17, 15) is 22.4 Å². The summed E-state index contributed by atoms with van der Waals surface area (Å²) in [5.74, 6) is -0.354. The van der Waals surface area contributed by atoms with E-state index in [-0.39, 0.29) is 47.1 Å². The second-order valence-corrected chi connectivity index (χ2v) is 8.35. The number of piperidine rings is 1. The summed E-state index contributed by atoms with van der Waals surface area (Å²) in [6.07, 6.45) is -2.56. The summed E-state index contributed by atoms with van der Waals surface area (Å²) in [5, 5.41) is 2.91. The van der Waals surface area contributed by atoms with Crippen LogP contribution in [0.5, 0.6) is 0 Å². The van der Waals surface area contributed by atoms with E-state index in [0.29, 0.717) is 0 Å². The van der Waals surface area contributed by atoms with Gasteiger partial charge in [0.05, 0.1) is 10.6 Å². The van der Waals surface area contributed by atoms with Gasteiger partial charge in [-0.3, -0.25) is 4.79 Å². The first-order valence-corrected chi connectivity index (χ1v) is 10.6. The lowest BCUT2D eigenvalue weighted by atomic mass is 9.78. The normalized spacial score (nSPS) is 16.2. The number of rotatable bonds is 6. The maximum Gasteiger partial charge on any atom is 0.417 e. The molecule has 1 saturated heterocycles. The minimum Gasteiger partial charge on any atom is -0.341 e. The van der Waals surface area contributed by atoms with E-state index in [4.69, 9.17) is 11.6 Å². The highest BCUT2D eigenvalue weighted by molar-refractivity contribution is 6.32. The SMILES string of the molecule is CN(Cc1cccc(C(F)(F)F)c1Cl)C(=O)CC(c1ccc(F)cc1)C1CCNCC1. The van der Waals surface area contributed by atoms with Crippen LogP contribution in [0.3, 0.4) is 0 Å². The van der Waals surface area contributed by atoms with E-state index >= 15 is 0 Å². The number of nitrogens with zero attached hydrogens (tertiary/aromatic N) is 1. The second-order valence-electron chi connectivity index (χ2n) is 7.98. The molecule has 3 nitrogen and oxygen atoms in total. The largest absolute Gasteiger partial charge is 0.417 e. The van der Waals surface area contributed by atoms with Gasteiger partial charge in [-0.15, -0.1) is 0 Å². The minimum atomic E-state index is -4.56. The molecule has 1 amide bonds. The third kappa shape index (κ3) is 5.98. The van der Waals surface area contributed by atoms with Crippen molar-refractivity contribution in [3.05, 3.63) is 70.0 Å². The molecule has 0 aromatic heterocycles. The molecule has 168 valence electrons. The van der Waals surface area contributed by atoms with E-state index in [1.807, 2.05) is 0 Å². The zero-order chi connectivity index (χ0) is 22.6. The lowest BCUT2D eigenvalue weighted by Crippen LogP contribution is -2.34. The average Bonchev–Trinajstić information content (AvgIpc) is 2.74. The van der Waals surface area contributed by atoms with Crippen LogP contribution in [0.25, 0.3) is 0 Å². The molecule has 1 aliphatic heterocycles. The van der Waals surface area contributed by atoms with Gasteiger partial charge in [0.15, 0.2) is 0 Å². The van der Waals surface area contributed by atoms with Gasteiger partial charge < -0.3 is 10.2 Å². The van der Waals surface area contributed by atoms with E-state index < -0.39 is 11.7 Å². The molecule has 1 heterocycles. The fourth-order valence-corrected chi connectivity index (χ4v) is 4.41. The summed E-state index contributed by atoms with van der Waals surface area (Å²) in [7, 11) is 1.56. The smallest absolute Gasteiger partial charge is 0.341 e. The molecule has 1 fully saturated rings. The fraction of sp³-hybridized carbons (Fsp3) is 0.435. The van der Waals surface area contributed by atoms with Gasteiger partial charge in [0, 0.05) is 20.0 Å². The molecule has 0 bridgehead atoms. The summed E-state index contributed by atoms with van der Waals surface area (Å²) in [6, 6.07) is 9.90. The first-order chi connectivity index (χ1) is 14.7. The molecule has 0 spiro atoms. The van der Waals surface area contributed by atoms with Crippen LogP contribution in [0.2, 0.25) is 5.02 Å². The third-order valence-electron chi connectivity index (χ3n) is 5.86. The summed E-state index contributed by atoms with van der Waals surface area (Å²) >= 11 is 5.98. The molecule has 8 heteroatoms. The fourth-order valence-electron chi connectivity index (χ4n) is 4.12. The Labute approximate surface area is 184 Å². The van der Waals surface area contributed by atoms with E-state index in [1.165, 1.54) is 29.2 Å². The van der Waals surface area contributed by atoms with Crippen LogP contribution < -0.4 is 5.32 Å². The molecule has 3 rings (SSSR count). The van der Waals surface area contributed by atoms with E-state index in [1.54, 1.807) is 19.2 Å². The van der Waals surface area contributed by atoms with Gasteiger partial charge in [0.2, 0.25) is 5.91 Å². The maximum absolute atomic E-state index is 13.4. The minimum absolute atomic E-state index is 0.0239. The van der Waals surface area contributed by atoms with Crippen LogP contribution in [-0.4, -0.2) is 30.9 Å². The Morgan fingerprint density at radius 3 is 2.42 bits per heavy atom. The Kier molecular flexibility index (Phi) is 7.59. The molecule has 1 unspecified atom stereocenters. The molecule has 31 heavy (non-hydrogen) atoms. The highest BCUT2D eigenvalue weighted by Crippen LogP contribution is 2.37. The van der Waals surface area contributed by atoms with Crippen molar-refractivity contribution in [2.75, 3.05) is 20.1 Å². The van der Waals surface area contributed by atoms with E-state index in [2.05, 4.69) is 5.32 Å². The Balaban J connectivity index is 1.76. The van der Waals surface area contributed by atoms with Crippen molar-refractivity contribution in [1.82, 2.24) is 10.2 Å². The van der Waals surface area contributed by atoms with Crippen molar-refractivity contribution in [2.24, 2.45) is 5.92 Å². The topological polar surface area (TPSA) is 32.3 Å². The van der Waals surface area contributed by atoms with Gasteiger partial charge >= 0.3 is 6.18 Å². The Morgan fingerprint density at radius 2 is 1.81 bits per heavy atom. The zero-order valence-electron chi connectivity index (χ0n) is 17.2. The molecule has 0 aliphatic carbocycles. The van der Waals surface area contributed by atoms with Crippen LogP contribution >= 0.6 is 11.6 Å². The van der Waals surface area contributed by atoms with Gasteiger partial charge in [-0.1, -0.05) is 35.9 Å². The van der Waals surface area contributed by atoms with E-state index in [0.717, 1.165) is 37.6 Å². The van der Waals surface area contributed by atoms with Crippen molar-refractivity contribution in [3.63, 3.8) is 0 Å². The molecule has 2 aromatic rings. The Hall–Kier alpha value is -2.12. The van der Waals surface area contributed by atoms with Crippen LogP contribution in [0, 0.1) is 11.7 Å². The van der Waals surface area contributed by atoms with Crippen LogP contribution in [0.15, 0.2) is 42.5 Å². The van der Waals surface area contributed by atoms with Crippen LogP contribution in [0.1, 0.15) is 41.9 Å². The monoisotopic (exact) mass is 456 g/mol. The number of halogens is 5. The highest BCUT2D eigenvalue weighted by atomic mass is 35.5. The highest BCUT2D eigenvalue weighted by Gasteiger charge is 2.34. The summed E-state index contributed by atoms with van der Waals surface area (Å²) in [4.78, 5) is 14.4. The van der Waals surface area contributed by atoms with Crippen molar-refractivity contribution in [3.8, 4) is 0 Å². The van der Waals surface area contributed by atoms with Crippen molar-refractivity contribution in [1.29, 1.82) is 0 Å². The second kappa shape index (κ2) is 10.0. The number of hydrogen-bond acceptors (Lipinski definition) is 2. The third-order valence-corrected chi connectivity index (χ3v) is 6.31. The zero-order valence-corrected chi connectivity index (χ0v) is 17.9. The predicted octanol–water partition coefficient (Wildman–Crippen LogP) is 5.63. The van der Waals surface area contributed by atoms with Crippen LogP contribution in [-0.2, 0) is 17.5 Å². The molecule has 0 radical (unpaired) electrons. The quantitative estimate of drug-likeness (QED) is 0.571. The number of nitrogens with one attached hydrogen (secondary N) is 1. The van der Waals surface area contributed by atoms with Crippen molar-refractivity contribution >= 4 is 17.5 Å². The van der Waals surface area contributed by atoms with Gasteiger partial charge in [-0.2, -0.15) is 13.2 Å². The lowest BCUT2D eigenvalue weighted by molar-refractivity contribution is -0.137. The standard InChI is InChI=1S/C23H25ClF4N2O/c1-30(14-17-3-2-4-20(22(17)24)23(26,27)28)21(31)13-19(16-9-11-29-12-10-16)15-5-7-18(25)8-6-15/h2-8,16,19,29H,9-14H2,1H3. The first-order valence-electron chi connectivity index (χ1n) is 10.2. The molecule has 2 aromatic carbocycles. The van der Waals surface area contributed by atoms with Gasteiger partial charge in [0.1, 0.15) is 5.82 Å². The van der Waals surface area contributed by atoms with Gasteiger partial charge in [0.25, 0.3) is 0 Å². The van der Waals surface area contributed by atoms with Gasteiger partial charge in [-0.25, -0.2) is 4.39 Å². The number of carbonyl (C=O) groups excluding carboxylic acids is 1. The summed E-state index contributed by atoms with van der Waals surface area (Å²) in [5.41, 5.74) is 0.228. The number of carbonyl (C=O) groups is 1. The number of benzene rings is 2. The molecule has 0 saturated carbocycles. The Bertz CT molecular complexity index is 895. The molecule has 1 atom stereocenters. The maximum atomic E-state index is 13.4.